The molecule has 0 saturated carbocycles. The molecular weight excluding hydrogens is 292 g/mol. The van der Waals surface area contributed by atoms with Gasteiger partial charge >= 0.3 is 12.4 Å². The van der Waals surface area contributed by atoms with E-state index in [0.717, 1.165) is 7.05 Å². The van der Waals surface area contributed by atoms with Gasteiger partial charge in [0.2, 0.25) is 0 Å². The number of halogens is 6. The van der Waals surface area contributed by atoms with E-state index >= 15 is 0 Å². The van der Waals surface area contributed by atoms with Crippen molar-refractivity contribution in [2.24, 2.45) is 5.73 Å². The number of nitrogens with zero attached hydrogens (tertiary/aromatic N) is 2. The third kappa shape index (κ3) is 4.00. The quantitative estimate of drug-likeness (QED) is 0.871. The van der Waals surface area contributed by atoms with E-state index in [1.165, 1.54) is 0 Å². The number of pyridine rings is 1. The average molecular weight is 301 g/mol. The largest absolute Gasteiger partial charge is 0.433 e. The summed E-state index contributed by atoms with van der Waals surface area (Å²) in [5, 5.41) is 0. The molecule has 0 aliphatic rings. The fourth-order valence-electron chi connectivity index (χ4n) is 1.43. The first-order valence-electron chi connectivity index (χ1n) is 5.08. The minimum atomic E-state index is -4.84. The van der Waals surface area contributed by atoms with Gasteiger partial charge in [-0.15, -0.1) is 0 Å². The molecule has 112 valence electrons. The molecule has 4 nitrogen and oxygen atoms in total. The average Bonchev–Trinajstić information content (AvgIpc) is 2.24. The van der Waals surface area contributed by atoms with Crippen molar-refractivity contribution in [2.45, 2.75) is 12.4 Å². The van der Waals surface area contributed by atoms with E-state index in [1.807, 2.05) is 0 Å². The maximum Gasteiger partial charge on any atom is 0.433 e. The van der Waals surface area contributed by atoms with Crippen LogP contribution in [0.3, 0.4) is 0 Å². The molecular formula is C10H9F6N3O. The van der Waals surface area contributed by atoms with Crippen molar-refractivity contribution in [3.63, 3.8) is 0 Å². The van der Waals surface area contributed by atoms with Gasteiger partial charge in [-0.05, 0) is 12.1 Å². The molecule has 0 bridgehead atoms. The van der Waals surface area contributed by atoms with E-state index < -0.39 is 41.9 Å². The number of primary amides is 1. The van der Waals surface area contributed by atoms with Gasteiger partial charge < -0.3 is 10.6 Å². The van der Waals surface area contributed by atoms with Gasteiger partial charge in [-0.25, -0.2) is 4.98 Å². The lowest BCUT2D eigenvalue weighted by Crippen LogP contribution is -2.33. The maximum atomic E-state index is 12.5. The third-order valence-electron chi connectivity index (χ3n) is 2.21. The SMILES string of the molecule is CN(CC(F)(F)F)c1nc(C(F)(F)F)ccc1C(N)=O. The summed E-state index contributed by atoms with van der Waals surface area (Å²) in [6, 6.07) is 1.17. The second-order valence-corrected chi connectivity index (χ2v) is 3.90. The van der Waals surface area contributed by atoms with Gasteiger partial charge in [0, 0.05) is 7.05 Å². The van der Waals surface area contributed by atoms with Crippen LogP contribution in [-0.4, -0.2) is 30.7 Å². The molecule has 1 aromatic rings. The molecule has 0 spiro atoms. The molecule has 0 fully saturated rings. The Balaban J connectivity index is 3.29. The van der Waals surface area contributed by atoms with Crippen LogP contribution in [0, 0.1) is 0 Å². The molecule has 0 atom stereocenters. The molecule has 2 N–H and O–H groups in total. The number of hydrogen-bond donors (Lipinski definition) is 1. The maximum absolute atomic E-state index is 12.5. The number of carbonyl (C=O) groups excluding carboxylic acids is 1. The molecule has 0 radical (unpaired) electrons. The Bertz CT molecular complexity index is 511. The molecule has 1 rings (SSSR count). The van der Waals surface area contributed by atoms with Crippen LogP contribution >= 0.6 is 0 Å². The van der Waals surface area contributed by atoms with Gasteiger partial charge in [0.1, 0.15) is 18.1 Å². The van der Waals surface area contributed by atoms with Crippen molar-refractivity contribution in [3.05, 3.63) is 23.4 Å². The second kappa shape index (κ2) is 5.17. The van der Waals surface area contributed by atoms with Gasteiger partial charge in [0.05, 0.1) is 5.56 Å². The summed E-state index contributed by atoms with van der Waals surface area (Å²) in [4.78, 5) is 14.5. The lowest BCUT2D eigenvalue weighted by Gasteiger charge is -2.22. The van der Waals surface area contributed by atoms with E-state index in [4.69, 9.17) is 5.73 Å². The summed E-state index contributed by atoms with van der Waals surface area (Å²) >= 11 is 0. The number of hydrogen-bond acceptors (Lipinski definition) is 3. The fraction of sp³-hybridized carbons (Fsp3) is 0.400. The van der Waals surface area contributed by atoms with Gasteiger partial charge in [0.15, 0.2) is 0 Å². The molecule has 1 aromatic heterocycles. The van der Waals surface area contributed by atoms with Gasteiger partial charge in [0.25, 0.3) is 5.91 Å². The van der Waals surface area contributed by atoms with Gasteiger partial charge in [-0.3, -0.25) is 4.79 Å². The second-order valence-electron chi connectivity index (χ2n) is 3.90. The number of rotatable bonds is 3. The number of aromatic nitrogens is 1. The van der Waals surface area contributed by atoms with E-state index in [9.17, 15) is 31.1 Å². The normalized spacial score (nSPS) is 12.3. The summed E-state index contributed by atoms with van der Waals surface area (Å²) < 4.78 is 74.2. The number of nitrogens with two attached hydrogens (primary N) is 1. The van der Waals surface area contributed by atoms with Crippen LogP contribution in [-0.2, 0) is 6.18 Å². The zero-order valence-corrected chi connectivity index (χ0v) is 10.0. The standard InChI is InChI=1S/C10H9F6N3O/c1-19(4-9(11,12)13)8-5(7(17)20)2-3-6(18-8)10(14,15)16/h2-3H,4H2,1H3,(H2,17,20). The van der Waals surface area contributed by atoms with E-state index in [-0.39, 0.29) is 0 Å². The number of amides is 1. The molecule has 0 saturated heterocycles. The zero-order chi connectivity index (χ0) is 15.7. The zero-order valence-electron chi connectivity index (χ0n) is 10.0. The summed E-state index contributed by atoms with van der Waals surface area (Å²) in [6.45, 7) is -1.57. The molecule has 20 heavy (non-hydrogen) atoms. The van der Waals surface area contributed by atoms with Crippen LogP contribution < -0.4 is 10.6 Å². The highest BCUT2D eigenvalue weighted by atomic mass is 19.4. The van der Waals surface area contributed by atoms with Crippen molar-refractivity contribution < 1.29 is 31.1 Å². The van der Waals surface area contributed by atoms with Crippen LogP contribution in [0.1, 0.15) is 16.1 Å². The smallest absolute Gasteiger partial charge is 0.365 e. The van der Waals surface area contributed by atoms with E-state index in [0.29, 0.717) is 17.0 Å². The number of alkyl halides is 6. The van der Waals surface area contributed by atoms with Gasteiger partial charge in [-0.1, -0.05) is 0 Å². The first-order chi connectivity index (χ1) is 8.92. The Labute approximate surface area is 109 Å². The highest BCUT2D eigenvalue weighted by molar-refractivity contribution is 5.97. The lowest BCUT2D eigenvalue weighted by atomic mass is 10.2. The predicted octanol–water partition coefficient (Wildman–Crippen LogP) is 2.20. The highest BCUT2D eigenvalue weighted by Crippen LogP contribution is 2.31. The fourth-order valence-corrected chi connectivity index (χ4v) is 1.43. The predicted molar refractivity (Wildman–Crippen MR) is 57.1 cm³/mol. The minimum Gasteiger partial charge on any atom is -0.365 e. The Morgan fingerprint density at radius 2 is 1.80 bits per heavy atom. The summed E-state index contributed by atoms with van der Waals surface area (Å²) in [6.07, 6.45) is -9.51. The molecule has 10 heteroatoms. The molecule has 1 amide bonds. The van der Waals surface area contributed by atoms with Crippen molar-refractivity contribution in [2.75, 3.05) is 18.5 Å². The van der Waals surface area contributed by atoms with Crippen LogP contribution in [0.4, 0.5) is 32.2 Å². The monoisotopic (exact) mass is 301 g/mol. The highest BCUT2D eigenvalue weighted by Gasteiger charge is 2.35. The molecule has 0 aliphatic carbocycles. The minimum absolute atomic E-state index is 0.384. The molecule has 0 aromatic carbocycles. The first-order valence-corrected chi connectivity index (χ1v) is 5.08. The van der Waals surface area contributed by atoms with Crippen LogP contribution in [0.2, 0.25) is 0 Å². The lowest BCUT2D eigenvalue weighted by molar-refractivity contribution is -0.141. The van der Waals surface area contributed by atoms with Crippen molar-refractivity contribution >= 4 is 11.7 Å². The number of carbonyl (C=O) groups is 1. The number of anilines is 1. The molecule has 1 heterocycles. The van der Waals surface area contributed by atoms with E-state index in [1.54, 1.807) is 0 Å². The molecule has 0 aliphatic heterocycles. The topological polar surface area (TPSA) is 59.2 Å². The third-order valence-corrected chi connectivity index (χ3v) is 2.21. The van der Waals surface area contributed by atoms with Crippen molar-refractivity contribution in [1.82, 2.24) is 4.98 Å². The Morgan fingerprint density at radius 1 is 1.25 bits per heavy atom. The Morgan fingerprint density at radius 3 is 2.20 bits per heavy atom. The van der Waals surface area contributed by atoms with E-state index in [2.05, 4.69) is 4.98 Å². The van der Waals surface area contributed by atoms with Crippen molar-refractivity contribution in [1.29, 1.82) is 0 Å². The van der Waals surface area contributed by atoms with Gasteiger partial charge in [-0.2, -0.15) is 26.3 Å². The molecule has 0 unspecified atom stereocenters. The Kier molecular flexibility index (Phi) is 4.15. The summed E-state index contributed by atoms with van der Waals surface area (Å²) in [5.41, 5.74) is 2.97. The van der Waals surface area contributed by atoms with Crippen LogP contribution in [0.5, 0.6) is 0 Å². The summed E-state index contributed by atoms with van der Waals surface area (Å²) in [5.74, 6) is -1.94. The van der Waals surface area contributed by atoms with Crippen LogP contribution in [0.25, 0.3) is 0 Å². The first kappa shape index (κ1) is 16.1. The van der Waals surface area contributed by atoms with Crippen molar-refractivity contribution in [3.8, 4) is 0 Å². The van der Waals surface area contributed by atoms with Crippen LogP contribution in [0.15, 0.2) is 12.1 Å². The Hall–Kier alpha value is -2.00. The summed E-state index contributed by atoms with van der Waals surface area (Å²) in [7, 11) is 0.864.